The highest BCUT2D eigenvalue weighted by Crippen LogP contribution is 2.32. The van der Waals surface area contributed by atoms with Gasteiger partial charge in [-0.3, -0.25) is 14.5 Å². The molecule has 2 N–H and O–H groups in total. The molecule has 2 aromatic heterocycles. The fourth-order valence-corrected chi connectivity index (χ4v) is 2.84. The molecule has 0 radical (unpaired) electrons. The Kier molecular flexibility index (Phi) is 2.82. The van der Waals surface area contributed by atoms with Crippen molar-refractivity contribution in [3.05, 3.63) is 54.5 Å². The maximum absolute atomic E-state index is 11.1. The van der Waals surface area contributed by atoms with Crippen LogP contribution in [0.15, 0.2) is 48.9 Å². The number of carbonyl (C=O) groups excluding carboxylic acids is 1. The minimum absolute atomic E-state index is 0.264. The third-order valence-corrected chi connectivity index (χ3v) is 4.09. The van der Waals surface area contributed by atoms with Gasteiger partial charge in [0.05, 0.1) is 23.3 Å². The van der Waals surface area contributed by atoms with Gasteiger partial charge in [-0.15, -0.1) is 0 Å². The van der Waals surface area contributed by atoms with Gasteiger partial charge in [0.25, 0.3) is 5.91 Å². The van der Waals surface area contributed by atoms with Crippen LogP contribution in [0, 0.1) is 0 Å². The maximum atomic E-state index is 11.1. The SMILES string of the molecule is NC(=O)c1cnn(C2CN(c3ccnc4ccccc34)C2)c1. The van der Waals surface area contributed by atoms with E-state index in [0.29, 0.717) is 5.56 Å². The Labute approximate surface area is 127 Å². The third-order valence-electron chi connectivity index (χ3n) is 4.09. The molecule has 0 bridgehead atoms. The first-order valence-electron chi connectivity index (χ1n) is 7.15. The highest BCUT2D eigenvalue weighted by Gasteiger charge is 2.30. The molecule has 0 atom stereocenters. The number of fused-ring (bicyclic) bond motifs is 1. The molecule has 1 aliphatic heterocycles. The standard InChI is InChI=1S/C16H15N5O/c17-16(22)11-7-19-21(8-11)12-9-20(10-12)15-5-6-18-14-4-2-1-3-13(14)15/h1-8,12H,9-10H2,(H2,17,22). The number of nitrogens with two attached hydrogens (primary N) is 1. The number of rotatable bonds is 3. The Morgan fingerprint density at radius 3 is 2.82 bits per heavy atom. The molecule has 0 aliphatic carbocycles. The molecule has 4 rings (SSSR count). The first-order valence-corrected chi connectivity index (χ1v) is 7.15. The molecule has 6 nitrogen and oxygen atoms in total. The lowest BCUT2D eigenvalue weighted by Crippen LogP contribution is -2.48. The Morgan fingerprint density at radius 1 is 1.23 bits per heavy atom. The van der Waals surface area contributed by atoms with E-state index in [1.165, 1.54) is 11.9 Å². The number of para-hydroxylation sites is 1. The lowest BCUT2D eigenvalue weighted by molar-refractivity contribution is 0.1000. The zero-order valence-electron chi connectivity index (χ0n) is 11.9. The van der Waals surface area contributed by atoms with Gasteiger partial charge < -0.3 is 10.6 Å². The van der Waals surface area contributed by atoms with Gasteiger partial charge in [-0.05, 0) is 12.1 Å². The Morgan fingerprint density at radius 2 is 2.05 bits per heavy atom. The molecule has 0 unspecified atom stereocenters. The van der Waals surface area contributed by atoms with Crippen LogP contribution in [0.5, 0.6) is 0 Å². The number of hydrogen-bond acceptors (Lipinski definition) is 4. The summed E-state index contributed by atoms with van der Waals surface area (Å²) in [5.74, 6) is -0.442. The lowest BCUT2D eigenvalue weighted by atomic mass is 10.1. The number of primary amides is 1. The molecular formula is C16H15N5O. The van der Waals surface area contributed by atoms with Crippen molar-refractivity contribution < 1.29 is 4.79 Å². The monoisotopic (exact) mass is 293 g/mol. The normalized spacial score (nSPS) is 15.0. The van der Waals surface area contributed by atoms with Gasteiger partial charge in [-0.2, -0.15) is 5.10 Å². The molecule has 1 saturated heterocycles. The van der Waals surface area contributed by atoms with E-state index >= 15 is 0 Å². The summed E-state index contributed by atoms with van der Waals surface area (Å²) in [6.45, 7) is 1.71. The van der Waals surface area contributed by atoms with Crippen LogP contribution in [0.3, 0.4) is 0 Å². The van der Waals surface area contributed by atoms with Crippen molar-refractivity contribution in [2.75, 3.05) is 18.0 Å². The summed E-state index contributed by atoms with van der Waals surface area (Å²) in [6, 6.07) is 10.4. The molecule has 1 fully saturated rings. The molecule has 6 heteroatoms. The highest BCUT2D eigenvalue weighted by atomic mass is 16.1. The van der Waals surface area contributed by atoms with Crippen LogP contribution in [0.2, 0.25) is 0 Å². The zero-order valence-corrected chi connectivity index (χ0v) is 11.9. The van der Waals surface area contributed by atoms with E-state index in [0.717, 1.165) is 24.0 Å². The Bertz CT molecular complexity index is 845. The summed E-state index contributed by atoms with van der Waals surface area (Å²) in [5, 5.41) is 5.38. The van der Waals surface area contributed by atoms with E-state index in [4.69, 9.17) is 5.73 Å². The predicted molar refractivity (Wildman–Crippen MR) is 83.7 cm³/mol. The van der Waals surface area contributed by atoms with Gasteiger partial charge in [0.1, 0.15) is 0 Å². The fourth-order valence-electron chi connectivity index (χ4n) is 2.84. The topological polar surface area (TPSA) is 77.0 Å². The van der Waals surface area contributed by atoms with Crippen molar-refractivity contribution in [2.24, 2.45) is 5.73 Å². The minimum Gasteiger partial charge on any atom is -0.367 e. The number of benzene rings is 1. The molecule has 0 saturated carbocycles. The van der Waals surface area contributed by atoms with Crippen LogP contribution < -0.4 is 10.6 Å². The summed E-state index contributed by atoms with van der Waals surface area (Å²) in [4.78, 5) is 17.8. The van der Waals surface area contributed by atoms with Crippen LogP contribution in [-0.2, 0) is 0 Å². The number of nitrogens with zero attached hydrogens (tertiary/aromatic N) is 4. The van der Waals surface area contributed by atoms with Gasteiger partial charge in [-0.25, -0.2) is 0 Å². The molecule has 0 spiro atoms. The van der Waals surface area contributed by atoms with Crippen molar-refractivity contribution in [1.82, 2.24) is 14.8 Å². The van der Waals surface area contributed by atoms with Crippen LogP contribution in [-0.4, -0.2) is 33.8 Å². The van der Waals surface area contributed by atoms with E-state index in [2.05, 4.69) is 21.0 Å². The second kappa shape index (κ2) is 4.84. The first kappa shape index (κ1) is 12.8. The van der Waals surface area contributed by atoms with E-state index in [-0.39, 0.29) is 6.04 Å². The molecule has 1 aromatic carbocycles. The Balaban J connectivity index is 1.56. The average molecular weight is 293 g/mol. The van der Waals surface area contributed by atoms with Crippen molar-refractivity contribution in [3.8, 4) is 0 Å². The molecule has 3 heterocycles. The molecule has 110 valence electrons. The van der Waals surface area contributed by atoms with E-state index in [1.807, 2.05) is 35.1 Å². The molecule has 3 aromatic rings. The number of pyridine rings is 1. The largest absolute Gasteiger partial charge is 0.367 e. The number of aromatic nitrogens is 3. The predicted octanol–water partition coefficient (Wildman–Crippen LogP) is 1.59. The third kappa shape index (κ3) is 2.00. The van der Waals surface area contributed by atoms with Crippen molar-refractivity contribution in [3.63, 3.8) is 0 Å². The van der Waals surface area contributed by atoms with E-state index < -0.39 is 5.91 Å². The number of hydrogen-bond donors (Lipinski definition) is 1. The summed E-state index contributed by atoms with van der Waals surface area (Å²) < 4.78 is 1.82. The number of anilines is 1. The van der Waals surface area contributed by atoms with Gasteiger partial charge in [-0.1, -0.05) is 18.2 Å². The zero-order chi connectivity index (χ0) is 15.1. The first-order chi connectivity index (χ1) is 10.7. The van der Waals surface area contributed by atoms with Crippen molar-refractivity contribution in [1.29, 1.82) is 0 Å². The molecule has 1 aliphatic rings. The van der Waals surface area contributed by atoms with Gasteiger partial charge in [0, 0.05) is 36.6 Å². The molecule has 22 heavy (non-hydrogen) atoms. The van der Waals surface area contributed by atoms with Crippen LogP contribution in [0.1, 0.15) is 16.4 Å². The maximum Gasteiger partial charge on any atom is 0.251 e. The van der Waals surface area contributed by atoms with Gasteiger partial charge in [0.2, 0.25) is 0 Å². The highest BCUT2D eigenvalue weighted by molar-refractivity contribution is 5.92. The van der Waals surface area contributed by atoms with E-state index in [9.17, 15) is 4.79 Å². The van der Waals surface area contributed by atoms with E-state index in [1.54, 1.807) is 6.20 Å². The summed E-state index contributed by atoms with van der Waals surface area (Å²) in [5.41, 5.74) is 7.89. The minimum atomic E-state index is -0.442. The van der Waals surface area contributed by atoms with Crippen LogP contribution in [0.4, 0.5) is 5.69 Å². The second-order valence-corrected chi connectivity index (χ2v) is 5.48. The van der Waals surface area contributed by atoms with Crippen LogP contribution in [0.25, 0.3) is 10.9 Å². The van der Waals surface area contributed by atoms with Crippen molar-refractivity contribution >= 4 is 22.5 Å². The summed E-state index contributed by atoms with van der Waals surface area (Å²) in [7, 11) is 0. The van der Waals surface area contributed by atoms with Gasteiger partial charge >= 0.3 is 0 Å². The molecular weight excluding hydrogens is 278 g/mol. The smallest absolute Gasteiger partial charge is 0.251 e. The quantitative estimate of drug-likeness (QED) is 0.795. The summed E-state index contributed by atoms with van der Waals surface area (Å²) >= 11 is 0. The Hall–Kier alpha value is -2.89. The fraction of sp³-hybridized carbons (Fsp3) is 0.188. The van der Waals surface area contributed by atoms with Crippen LogP contribution >= 0.6 is 0 Å². The van der Waals surface area contributed by atoms with Gasteiger partial charge in [0.15, 0.2) is 0 Å². The average Bonchev–Trinajstić information content (AvgIpc) is 2.96. The number of carbonyl (C=O) groups is 1. The number of amides is 1. The van der Waals surface area contributed by atoms with Crippen molar-refractivity contribution in [2.45, 2.75) is 6.04 Å². The second-order valence-electron chi connectivity index (χ2n) is 5.48. The molecule has 1 amide bonds. The summed E-state index contributed by atoms with van der Waals surface area (Å²) in [6.07, 6.45) is 5.08. The lowest BCUT2D eigenvalue weighted by Gasteiger charge is -2.41.